The molecule has 1 aromatic rings. The molecule has 152 valence electrons. The van der Waals surface area contributed by atoms with Gasteiger partial charge in [-0.05, 0) is 62.7 Å². The molecule has 0 aromatic heterocycles. The molecule has 27 heavy (non-hydrogen) atoms. The Kier molecular flexibility index (Phi) is 6.48. The predicted octanol–water partition coefficient (Wildman–Crippen LogP) is 3.89. The highest BCUT2D eigenvalue weighted by Crippen LogP contribution is 2.36. The lowest BCUT2D eigenvalue weighted by atomic mass is 9.86. The van der Waals surface area contributed by atoms with Crippen molar-refractivity contribution in [1.82, 2.24) is 9.62 Å². The molecule has 1 aromatic carbocycles. The second kappa shape index (κ2) is 8.49. The van der Waals surface area contributed by atoms with Crippen LogP contribution in [0.5, 0.6) is 0 Å². The number of rotatable bonds is 5. The van der Waals surface area contributed by atoms with Gasteiger partial charge < -0.3 is 5.32 Å². The van der Waals surface area contributed by atoms with Gasteiger partial charge in [-0.3, -0.25) is 0 Å². The van der Waals surface area contributed by atoms with E-state index in [1.807, 2.05) is 0 Å². The highest BCUT2D eigenvalue weighted by molar-refractivity contribution is 7.89. The van der Waals surface area contributed by atoms with Gasteiger partial charge in [0, 0.05) is 13.1 Å². The van der Waals surface area contributed by atoms with Crippen LogP contribution in [-0.4, -0.2) is 38.9 Å². The number of hydrogen-bond donors (Lipinski definition) is 1. The fraction of sp³-hybridized carbons (Fsp3) is 0.684. The van der Waals surface area contributed by atoms with Crippen molar-refractivity contribution >= 4 is 10.0 Å². The van der Waals surface area contributed by atoms with Crippen LogP contribution in [0.4, 0.5) is 13.2 Å². The van der Waals surface area contributed by atoms with Gasteiger partial charge >= 0.3 is 6.18 Å². The molecule has 0 unspecified atom stereocenters. The van der Waals surface area contributed by atoms with Crippen molar-refractivity contribution in [2.75, 3.05) is 26.2 Å². The van der Waals surface area contributed by atoms with Crippen LogP contribution in [-0.2, 0) is 16.2 Å². The van der Waals surface area contributed by atoms with Crippen molar-refractivity contribution in [1.29, 1.82) is 0 Å². The van der Waals surface area contributed by atoms with Gasteiger partial charge in [-0.1, -0.05) is 25.0 Å². The minimum Gasteiger partial charge on any atom is -0.317 e. The number of hydrogen-bond acceptors (Lipinski definition) is 3. The van der Waals surface area contributed by atoms with Gasteiger partial charge in [0.2, 0.25) is 10.0 Å². The maximum absolute atomic E-state index is 13.2. The summed E-state index contributed by atoms with van der Waals surface area (Å²) in [6.45, 7) is 2.73. The molecule has 2 fully saturated rings. The molecule has 0 radical (unpaired) electrons. The quantitative estimate of drug-likeness (QED) is 0.810. The summed E-state index contributed by atoms with van der Waals surface area (Å²) in [5, 5.41) is 3.35. The lowest BCUT2D eigenvalue weighted by Crippen LogP contribution is -2.39. The fourth-order valence-corrected chi connectivity index (χ4v) is 5.83. The molecule has 0 atom stereocenters. The number of benzene rings is 1. The van der Waals surface area contributed by atoms with Crippen LogP contribution in [0.15, 0.2) is 29.2 Å². The molecule has 2 heterocycles. The van der Waals surface area contributed by atoms with E-state index < -0.39 is 26.7 Å². The molecule has 3 rings (SSSR count). The Morgan fingerprint density at radius 1 is 0.963 bits per heavy atom. The van der Waals surface area contributed by atoms with Gasteiger partial charge in [0.15, 0.2) is 0 Å². The lowest BCUT2D eigenvalue weighted by Gasteiger charge is -2.33. The fourth-order valence-electron chi connectivity index (χ4n) is 4.14. The average Bonchev–Trinajstić information content (AvgIpc) is 2.67. The summed E-state index contributed by atoms with van der Waals surface area (Å²) in [4.78, 5) is -0.634. The van der Waals surface area contributed by atoms with E-state index in [2.05, 4.69) is 5.32 Å². The first-order valence-corrected chi connectivity index (χ1v) is 11.1. The van der Waals surface area contributed by atoms with Gasteiger partial charge in [-0.25, -0.2) is 8.42 Å². The molecule has 8 heteroatoms. The number of alkyl halides is 3. The second-order valence-electron chi connectivity index (χ2n) is 7.61. The molecule has 0 bridgehead atoms. The number of nitrogens with one attached hydrogen (secondary N) is 1. The Morgan fingerprint density at radius 2 is 1.52 bits per heavy atom. The van der Waals surface area contributed by atoms with Crippen molar-refractivity contribution in [3.8, 4) is 0 Å². The average molecular weight is 404 g/mol. The lowest BCUT2D eigenvalue weighted by molar-refractivity contribution is -0.139. The highest BCUT2D eigenvalue weighted by atomic mass is 32.2. The van der Waals surface area contributed by atoms with E-state index in [1.165, 1.54) is 29.3 Å². The molecule has 0 amide bonds. The summed E-state index contributed by atoms with van der Waals surface area (Å²) in [5.74, 6) is 1.20. The summed E-state index contributed by atoms with van der Waals surface area (Å²) in [5.41, 5.74) is -1.09. The molecule has 2 aliphatic rings. The maximum atomic E-state index is 13.2. The van der Waals surface area contributed by atoms with E-state index in [1.54, 1.807) is 0 Å². The molecule has 0 aliphatic carbocycles. The van der Waals surface area contributed by atoms with Gasteiger partial charge in [0.25, 0.3) is 0 Å². The molecule has 2 aliphatic heterocycles. The minimum atomic E-state index is -4.68. The summed E-state index contributed by atoms with van der Waals surface area (Å²) in [6, 6.07) is 4.45. The zero-order valence-corrected chi connectivity index (χ0v) is 16.2. The molecular formula is C19H27F3N2O2S. The van der Waals surface area contributed by atoms with Crippen molar-refractivity contribution in [2.45, 2.75) is 49.6 Å². The number of piperidine rings is 2. The Labute approximate surface area is 159 Å². The molecule has 0 spiro atoms. The van der Waals surface area contributed by atoms with E-state index in [9.17, 15) is 21.6 Å². The first-order chi connectivity index (χ1) is 12.8. The molecule has 2 saturated heterocycles. The molecule has 0 saturated carbocycles. The zero-order chi connectivity index (χ0) is 19.5. The normalized spacial score (nSPS) is 21.4. The summed E-state index contributed by atoms with van der Waals surface area (Å²) < 4.78 is 66.4. The first kappa shape index (κ1) is 20.6. The van der Waals surface area contributed by atoms with Crippen molar-refractivity contribution in [3.05, 3.63) is 29.8 Å². The number of sulfonamides is 1. The first-order valence-electron chi connectivity index (χ1n) is 9.65. The third-order valence-corrected chi connectivity index (χ3v) is 7.78. The van der Waals surface area contributed by atoms with Crippen molar-refractivity contribution in [2.24, 2.45) is 11.8 Å². The number of nitrogens with zero attached hydrogens (tertiary/aromatic N) is 1. The van der Waals surface area contributed by atoms with Crippen LogP contribution in [0.25, 0.3) is 0 Å². The monoisotopic (exact) mass is 404 g/mol. The van der Waals surface area contributed by atoms with E-state index in [4.69, 9.17) is 0 Å². The van der Waals surface area contributed by atoms with Crippen molar-refractivity contribution < 1.29 is 21.6 Å². The van der Waals surface area contributed by atoms with E-state index in [-0.39, 0.29) is 0 Å². The van der Waals surface area contributed by atoms with Crippen LogP contribution in [0.2, 0.25) is 0 Å². The van der Waals surface area contributed by atoms with Crippen LogP contribution < -0.4 is 5.32 Å². The van der Waals surface area contributed by atoms with Crippen LogP contribution in [0.3, 0.4) is 0 Å². The molecule has 4 nitrogen and oxygen atoms in total. The minimum absolute atomic E-state index is 0.297. The van der Waals surface area contributed by atoms with E-state index in [0.717, 1.165) is 56.8 Å². The molecule has 1 N–H and O–H groups in total. The third kappa shape index (κ3) is 5.03. The predicted molar refractivity (Wildman–Crippen MR) is 97.8 cm³/mol. The Bertz CT molecular complexity index is 723. The highest BCUT2D eigenvalue weighted by Gasteiger charge is 2.39. The largest absolute Gasteiger partial charge is 0.417 e. The van der Waals surface area contributed by atoms with Gasteiger partial charge in [-0.15, -0.1) is 0 Å². The van der Waals surface area contributed by atoms with Gasteiger partial charge in [-0.2, -0.15) is 17.5 Å². The summed E-state index contributed by atoms with van der Waals surface area (Å²) in [7, 11) is -4.13. The smallest absolute Gasteiger partial charge is 0.317 e. The SMILES string of the molecule is O=S(=O)(c1ccccc1C(F)(F)F)N1CCC(CCC2CCNCC2)CC1. The Hall–Kier alpha value is -1.12. The van der Waals surface area contributed by atoms with Crippen LogP contribution in [0.1, 0.15) is 44.1 Å². The zero-order valence-electron chi connectivity index (χ0n) is 15.3. The maximum Gasteiger partial charge on any atom is 0.417 e. The standard InChI is InChI=1S/C19H27F3N2O2S/c20-19(21,22)17-3-1-2-4-18(17)27(25,26)24-13-9-16(10-14-24)6-5-15-7-11-23-12-8-15/h1-4,15-16,23H,5-14H2. The van der Waals surface area contributed by atoms with Crippen LogP contribution >= 0.6 is 0 Å². The van der Waals surface area contributed by atoms with Gasteiger partial charge in [0.05, 0.1) is 10.5 Å². The van der Waals surface area contributed by atoms with Crippen LogP contribution in [0, 0.1) is 11.8 Å². The summed E-state index contributed by atoms with van der Waals surface area (Å²) in [6.07, 6.45) is 1.39. The third-order valence-electron chi connectivity index (χ3n) is 5.83. The topological polar surface area (TPSA) is 49.4 Å². The Morgan fingerprint density at radius 3 is 2.11 bits per heavy atom. The second-order valence-corrected chi connectivity index (χ2v) is 9.52. The van der Waals surface area contributed by atoms with Gasteiger partial charge in [0.1, 0.15) is 0 Å². The van der Waals surface area contributed by atoms with E-state index in [0.29, 0.717) is 19.0 Å². The number of halogens is 3. The van der Waals surface area contributed by atoms with E-state index >= 15 is 0 Å². The molecular weight excluding hydrogens is 377 g/mol. The Balaban J connectivity index is 1.60. The summed E-state index contributed by atoms with van der Waals surface area (Å²) >= 11 is 0. The van der Waals surface area contributed by atoms with Crippen molar-refractivity contribution in [3.63, 3.8) is 0 Å².